The number of ether oxygens (including phenoxy) is 4. The smallest absolute Gasteiger partial charge is 0.407 e. The van der Waals surface area contributed by atoms with Crippen molar-refractivity contribution in [2.75, 3.05) is 27.3 Å². The molecule has 2 aromatic carbocycles. The number of amides is 4. The SMILES string of the molecule is COC(=O)N[C@H](C(=O)N1CCC[C@H]1C1=NC=C(c2ccc3c(c2)Oc2ccc(-c4cnc([C@@H]5CCCN5C(=O)[C@@H](NC(=O)OC)C(C)C)[nH]4)cc2O3)C1)C(C)C. The van der Waals surface area contributed by atoms with Crippen molar-refractivity contribution in [2.24, 2.45) is 16.8 Å². The van der Waals surface area contributed by atoms with E-state index in [-0.39, 0.29) is 35.7 Å². The Morgan fingerprint density at radius 2 is 1.30 bits per heavy atom. The normalized spacial score (nSPS) is 19.6. The average Bonchev–Trinajstić information content (AvgIpc) is 4.03. The third-order valence-corrected chi connectivity index (χ3v) is 10.9. The Balaban J connectivity index is 1.00. The molecule has 3 aromatic rings. The first-order valence-electron chi connectivity index (χ1n) is 19.2. The molecule has 0 unspecified atom stereocenters. The van der Waals surface area contributed by atoms with E-state index >= 15 is 0 Å². The average molecular weight is 768 g/mol. The van der Waals surface area contributed by atoms with E-state index in [0.717, 1.165) is 53.8 Å². The number of H-pyrrole nitrogens is 1. The minimum absolute atomic E-state index is 0.107. The van der Waals surface area contributed by atoms with Crippen molar-refractivity contribution in [1.82, 2.24) is 30.4 Å². The molecule has 0 bridgehead atoms. The van der Waals surface area contributed by atoms with Crippen LogP contribution in [0.3, 0.4) is 0 Å². The first kappa shape index (κ1) is 38.4. The lowest BCUT2D eigenvalue weighted by Crippen LogP contribution is -2.53. The molecular formula is C41H49N7O8. The summed E-state index contributed by atoms with van der Waals surface area (Å²) in [5.74, 6) is 2.44. The molecule has 0 radical (unpaired) electrons. The van der Waals surface area contributed by atoms with E-state index in [2.05, 4.69) is 20.6 Å². The van der Waals surface area contributed by atoms with Crippen LogP contribution >= 0.6 is 0 Å². The molecule has 15 heteroatoms. The Morgan fingerprint density at radius 3 is 1.88 bits per heavy atom. The fourth-order valence-electron chi connectivity index (χ4n) is 7.88. The number of rotatable bonds is 10. The van der Waals surface area contributed by atoms with Crippen LogP contribution < -0.4 is 20.1 Å². The first-order chi connectivity index (χ1) is 26.9. The molecular weight excluding hydrogens is 718 g/mol. The zero-order valence-corrected chi connectivity index (χ0v) is 32.6. The summed E-state index contributed by atoms with van der Waals surface area (Å²) in [6.45, 7) is 8.75. The number of benzene rings is 2. The second-order valence-corrected chi connectivity index (χ2v) is 15.3. The number of fused-ring (bicyclic) bond motifs is 2. The van der Waals surface area contributed by atoms with Crippen molar-refractivity contribution in [3.05, 3.63) is 60.2 Å². The Kier molecular flexibility index (Phi) is 11.0. The number of methoxy groups -OCH3 is 2. The summed E-state index contributed by atoms with van der Waals surface area (Å²) in [7, 11) is 2.57. The number of aromatic nitrogens is 2. The van der Waals surface area contributed by atoms with Crippen molar-refractivity contribution in [3.8, 4) is 34.3 Å². The first-order valence-corrected chi connectivity index (χ1v) is 19.2. The quantitative estimate of drug-likeness (QED) is 0.161. The fraction of sp³-hybridized carbons (Fsp3) is 0.463. The standard InChI is InChI=1S/C41H49N7O8/c1-22(2)35(45-40(51)53-5)38(49)47-15-7-9-29(47)27-17-26(20-42-27)24-11-13-31-33(18-24)55-32-14-12-25(19-34(32)56-31)28-21-43-37(44-28)30-10-8-16-48(30)39(50)36(23(3)4)46-41(52)54-6/h11-14,18-23,29-30,35-36H,7-10,15-17H2,1-6H3,(H,43,44)(H,45,51)(H,46,52)/t29-,30-,35-,36-/m0/s1. The highest BCUT2D eigenvalue weighted by molar-refractivity contribution is 6.04. The summed E-state index contributed by atoms with van der Waals surface area (Å²) in [5, 5.41) is 5.39. The molecule has 1 aromatic heterocycles. The number of nitrogens with zero attached hydrogens (tertiary/aromatic N) is 4. The fourth-order valence-corrected chi connectivity index (χ4v) is 7.88. The van der Waals surface area contributed by atoms with Crippen LogP contribution in [-0.2, 0) is 19.1 Å². The van der Waals surface area contributed by atoms with Crippen LogP contribution in [0.2, 0.25) is 0 Å². The molecule has 4 aliphatic rings. The van der Waals surface area contributed by atoms with Crippen LogP contribution in [0.5, 0.6) is 23.0 Å². The molecule has 3 N–H and O–H groups in total. The lowest BCUT2D eigenvalue weighted by atomic mass is 9.97. The van der Waals surface area contributed by atoms with Gasteiger partial charge in [0.25, 0.3) is 0 Å². The number of nitrogens with one attached hydrogen (secondary N) is 3. The van der Waals surface area contributed by atoms with E-state index in [0.29, 0.717) is 48.3 Å². The molecule has 2 fully saturated rings. The largest absolute Gasteiger partial charge is 0.453 e. The zero-order valence-electron chi connectivity index (χ0n) is 32.6. The van der Waals surface area contributed by atoms with E-state index in [4.69, 9.17) is 23.9 Å². The van der Waals surface area contributed by atoms with Gasteiger partial charge in [-0.05, 0) is 79.0 Å². The molecule has 0 aliphatic carbocycles. The molecule has 7 rings (SSSR count). The Morgan fingerprint density at radius 1 is 0.768 bits per heavy atom. The number of carbonyl (C=O) groups is 4. The molecule has 4 amide bonds. The molecule has 0 saturated carbocycles. The number of aromatic amines is 1. The summed E-state index contributed by atoms with van der Waals surface area (Å²) in [6, 6.07) is 9.71. The monoisotopic (exact) mass is 767 g/mol. The van der Waals surface area contributed by atoms with Gasteiger partial charge in [-0.25, -0.2) is 14.6 Å². The third kappa shape index (κ3) is 7.66. The summed E-state index contributed by atoms with van der Waals surface area (Å²) in [5.41, 5.74) is 4.49. The second kappa shape index (κ2) is 16.1. The molecule has 15 nitrogen and oxygen atoms in total. The van der Waals surface area contributed by atoms with Gasteiger partial charge < -0.3 is 44.4 Å². The summed E-state index contributed by atoms with van der Waals surface area (Å²) in [6.07, 6.45) is 6.17. The van der Waals surface area contributed by atoms with E-state index in [9.17, 15) is 19.2 Å². The number of hydrogen-bond acceptors (Lipinski definition) is 10. The highest BCUT2D eigenvalue weighted by Crippen LogP contribution is 2.48. The minimum atomic E-state index is -0.711. The van der Waals surface area contributed by atoms with Gasteiger partial charge in [0.2, 0.25) is 11.8 Å². The molecule has 4 aliphatic heterocycles. The van der Waals surface area contributed by atoms with Gasteiger partial charge in [0.05, 0.1) is 38.2 Å². The molecule has 4 atom stereocenters. The topological polar surface area (TPSA) is 177 Å². The molecule has 0 spiro atoms. The zero-order chi connectivity index (χ0) is 39.7. The van der Waals surface area contributed by atoms with Gasteiger partial charge in [0.1, 0.15) is 17.9 Å². The molecule has 56 heavy (non-hydrogen) atoms. The number of allylic oxidation sites excluding steroid dienone is 1. The van der Waals surface area contributed by atoms with E-state index in [1.54, 1.807) is 11.1 Å². The van der Waals surface area contributed by atoms with Crippen LogP contribution in [0.15, 0.2) is 53.8 Å². The predicted octanol–water partition coefficient (Wildman–Crippen LogP) is 6.58. The minimum Gasteiger partial charge on any atom is -0.453 e. The van der Waals surface area contributed by atoms with E-state index in [1.165, 1.54) is 14.2 Å². The highest BCUT2D eigenvalue weighted by Gasteiger charge is 2.40. The molecule has 296 valence electrons. The number of aliphatic imine (C=N–C) groups is 1. The second-order valence-electron chi connectivity index (χ2n) is 15.3. The molecule has 5 heterocycles. The van der Waals surface area contributed by atoms with Gasteiger partial charge in [0, 0.05) is 37.0 Å². The van der Waals surface area contributed by atoms with Gasteiger partial charge in [0.15, 0.2) is 23.0 Å². The Labute approximate surface area is 325 Å². The summed E-state index contributed by atoms with van der Waals surface area (Å²) < 4.78 is 22.2. The van der Waals surface area contributed by atoms with Crippen LogP contribution in [0.4, 0.5) is 9.59 Å². The third-order valence-electron chi connectivity index (χ3n) is 10.9. The number of hydrogen-bond donors (Lipinski definition) is 3. The number of carbonyl (C=O) groups excluding carboxylic acids is 4. The number of imidazole rings is 1. The van der Waals surface area contributed by atoms with Crippen LogP contribution in [-0.4, -0.2) is 94.9 Å². The van der Waals surface area contributed by atoms with Gasteiger partial charge in [-0.15, -0.1) is 0 Å². The lowest BCUT2D eigenvalue weighted by Gasteiger charge is -2.31. The maximum absolute atomic E-state index is 13.6. The molecule has 2 saturated heterocycles. The van der Waals surface area contributed by atoms with Gasteiger partial charge in [-0.3, -0.25) is 14.6 Å². The van der Waals surface area contributed by atoms with E-state index in [1.807, 2.05) is 75.2 Å². The van der Waals surface area contributed by atoms with Crippen LogP contribution in [0.25, 0.3) is 16.8 Å². The van der Waals surface area contributed by atoms with Gasteiger partial charge in [-0.2, -0.15) is 0 Å². The Hall–Kier alpha value is -5.86. The summed E-state index contributed by atoms with van der Waals surface area (Å²) in [4.78, 5) is 67.6. The maximum Gasteiger partial charge on any atom is 0.407 e. The maximum atomic E-state index is 13.6. The Bertz CT molecular complexity index is 2070. The van der Waals surface area contributed by atoms with Gasteiger partial charge >= 0.3 is 12.2 Å². The predicted molar refractivity (Wildman–Crippen MR) is 207 cm³/mol. The number of likely N-dealkylation sites (tertiary alicyclic amines) is 2. The van der Waals surface area contributed by atoms with Crippen LogP contribution in [0, 0.1) is 11.8 Å². The lowest BCUT2D eigenvalue weighted by molar-refractivity contribution is -0.135. The van der Waals surface area contributed by atoms with Gasteiger partial charge in [-0.1, -0.05) is 33.8 Å². The van der Waals surface area contributed by atoms with Crippen molar-refractivity contribution in [2.45, 2.75) is 84.0 Å². The van der Waals surface area contributed by atoms with Crippen molar-refractivity contribution in [3.63, 3.8) is 0 Å². The number of alkyl carbamates (subject to hydrolysis) is 2. The highest BCUT2D eigenvalue weighted by atomic mass is 16.6. The van der Waals surface area contributed by atoms with Crippen molar-refractivity contribution >= 4 is 35.3 Å². The van der Waals surface area contributed by atoms with Crippen LogP contribution in [0.1, 0.15) is 77.2 Å². The van der Waals surface area contributed by atoms with Crippen molar-refractivity contribution < 1.29 is 38.1 Å². The summed E-state index contributed by atoms with van der Waals surface area (Å²) >= 11 is 0. The van der Waals surface area contributed by atoms with Crippen molar-refractivity contribution in [1.29, 1.82) is 0 Å². The van der Waals surface area contributed by atoms with E-state index < -0.39 is 24.3 Å².